The lowest BCUT2D eigenvalue weighted by molar-refractivity contribution is -0.132. The largest absolute Gasteiger partial charge is 0.507 e. The van der Waals surface area contributed by atoms with Crippen molar-refractivity contribution in [2.75, 3.05) is 18.1 Å². The van der Waals surface area contributed by atoms with Crippen molar-refractivity contribution < 1.29 is 28.6 Å². The summed E-state index contributed by atoms with van der Waals surface area (Å²) in [6.45, 7) is 6.05. The van der Waals surface area contributed by atoms with Crippen LogP contribution in [0.5, 0.6) is 11.5 Å². The monoisotopic (exact) mass is 637 g/mol. The Morgan fingerprint density at radius 2 is 1.84 bits per heavy atom. The summed E-state index contributed by atoms with van der Waals surface area (Å²) in [5, 5.41) is 20.6. The van der Waals surface area contributed by atoms with Crippen LogP contribution < -0.4 is 14.4 Å². The summed E-state index contributed by atoms with van der Waals surface area (Å²) in [4.78, 5) is 28.3. The van der Waals surface area contributed by atoms with Crippen molar-refractivity contribution in [3.05, 3.63) is 112 Å². The number of halogens is 2. The molecule has 1 unspecified atom stereocenters. The van der Waals surface area contributed by atoms with E-state index in [1.807, 2.05) is 19.1 Å². The third-order valence-electron chi connectivity index (χ3n) is 6.38. The van der Waals surface area contributed by atoms with Crippen molar-refractivity contribution in [2.45, 2.75) is 23.1 Å². The van der Waals surface area contributed by atoms with Crippen molar-refractivity contribution in [1.82, 2.24) is 10.2 Å². The van der Waals surface area contributed by atoms with Gasteiger partial charge in [0.1, 0.15) is 18.2 Å². The van der Waals surface area contributed by atoms with Gasteiger partial charge in [-0.2, -0.15) is 0 Å². The minimum absolute atomic E-state index is 0.175. The van der Waals surface area contributed by atoms with Crippen molar-refractivity contribution in [2.24, 2.45) is 0 Å². The minimum Gasteiger partial charge on any atom is -0.507 e. The Morgan fingerprint density at radius 1 is 1.09 bits per heavy atom. The van der Waals surface area contributed by atoms with Crippen molar-refractivity contribution in [3.63, 3.8) is 0 Å². The molecule has 220 valence electrons. The van der Waals surface area contributed by atoms with E-state index in [-0.39, 0.29) is 22.9 Å². The summed E-state index contributed by atoms with van der Waals surface area (Å²) < 4.78 is 25.7. The molecule has 4 aromatic rings. The highest BCUT2D eigenvalue weighted by atomic mass is 35.5. The van der Waals surface area contributed by atoms with E-state index >= 15 is 0 Å². The van der Waals surface area contributed by atoms with Gasteiger partial charge in [0.2, 0.25) is 5.13 Å². The van der Waals surface area contributed by atoms with Gasteiger partial charge in [-0.1, -0.05) is 65.6 Å². The van der Waals surface area contributed by atoms with E-state index in [4.69, 9.17) is 21.1 Å². The molecule has 12 heteroatoms. The summed E-state index contributed by atoms with van der Waals surface area (Å²) in [5.74, 6) is -1.35. The fourth-order valence-corrected chi connectivity index (χ4v) is 6.37. The first-order chi connectivity index (χ1) is 20.8. The van der Waals surface area contributed by atoms with Gasteiger partial charge in [-0.25, -0.2) is 4.39 Å². The number of anilines is 1. The number of Topliss-reactive ketones (excluding diaryl/α,β-unsaturated/α-hetero) is 1. The van der Waals surface area contributed by atoms with Crippen LogP contribution in [0.15, 0.2) is 89.3 Å². The smallest absolute Gasteiger partial charge is 0.301 e. The zero-order valence-corrected chi connectivity index (χ0v) is 25.2. The summed E-state index contributed by atoms with van der Waals surface area (Å²) in [6.07, 6.45) is 1.60. The van der Waals surface area contributed by atoms with E-state index in [1.165, 1.54) is 28.8 Å². The van der Waals surface area contributed by atoms with Crippen LogP contribution in [0.4, 0.5) is 9.52 Å². The highest BCUT2D eigenvalue weighted by Crippen LogP contribution is 2.45. The molecule has 1 atom stereocenters. The molecule has 0 aliphatic carbocycles. The van der Waals surface area contributed by atoms with Crippen LogP contribution in [0.25, 0.3) is 5.76 Å². The van der Waals surface area contributed by atoms with Crippen LogP contribution in [-0.2, 0) is 15.3 Å². The molecule has 1 aliphatic rings. The van der Waals surface area contributed by atoms with Gasteiger partial charge in [0.15, 0.2) is 15.8 Å². The van der Waals surface area contributed by atoms with Gasteiger partial charge in [0.25, 0.3) is 5.78 Å². The van der Waals surface area contributed by atoms with Crippen LogP contribution in [0.1, 0.15) is 29.7 Å². The molecule has 0 saturated carbocycles. The molecular weight excluding hydrogens is 613 g/mol. The van der Waals surface area contributed by atoms with Crippen LogP contribution in [-0.4, -0.2) is 40.2 Å². The molecule has 1 aliphatic heterocycles. The van der Waals surface area contributed by atoms with Crippen LogP contribution in [0.2, 0.25) is 5.02 Å². The standard InChI is InChI=1S/C31H25ClFN3O5S2/c1-3-15-41-23-14-9-20(16-24(23)40-4-2)26-25(27(37)19-7-12-22(33)13-8-19)28(38)29(39)36(26)30-34-35-31(43-30)42-17-18-5-10-21(32)11-6-18/h3,5-14,16,26,37H,1,4,15,17H2,2H3/b27-25+. The molecule has 0 radical (unpaired) electrons. The van der Waals surface area contributed by atoms with Gasteiger partial charge < -0.3 is 14.6 Å². The number of amides is 1. The Morgan fingerprint density at radius 3 is 2.53 bits per heavy atom. The van der Waals surface area contributed by atoms with Gasteiger partial charge >= 0.3 is 5.91 Å². The second kappa shape index (κ2) is 13.4. The van der Waals surface area contributed by atoms with Crippen molar-refractivity contribution in [3.8, 4) is 11.5 Å². The van der Waals surface area contributed by atoms with Gasteiger partial charge in [-0.3, -0.25) is 14.5 Å². The number of aliphatic hydroxyl groups is 1. The van der Waals surface area contributed by atoms with E-state index < -0.39 is 29.3 Å². The molecule has 3 aromatic carbocycles. The summed E-state index contributed by atoms with van der Waals surface area (Å²) in [5.41, 5.74) is 1.48. The topological polar surface area (TPSA) is 102 Å². The number of carbonyl (C=O) groups is 2. The lowest BCUT2D eigenvalue weighted by Crippen LogP contribution is -2.29. The van der Waals surface area contributed by atoms with Crippen LogP contribution in [0.3, 0.4) is 0 Å². The number of nitrogens with zero attached hydrogens (tertiary/aromatic N) is 3. The molecule has 1 saturated heterocycles. The Balaban J connectivity index is 1.57. The summed E-state index contributed by atoms with van der Waals surface area (Å²) >= 11 is 8.55. The molecule has 5 rings (SSSR count). The van der Waals surface area contributed by atoms with E-state index in [2.05, 4.69) is 16.8 Å². The molecule has 1 N–H and O–H groups in total. The molecule has 43 heavy (non-hydrogen) atoms. The number of benzene rings is 3. The first-order valence-corrected chi connectivity index (χ1v) is 15.3. The number of aromatic nitrogens is 2. The lowest BCUT2D eigenvalue weighted by Gasteiger charge is -2.23. The van der Waals surface area contributed by atoms with Crippen molar-refractivity contribution in [1.29, 1.82) is 0 Å². The van der Waals surface area contributed by atoms with Gasteiger partial charge in [0, 0.05) is 16.3 Å². The van der Waals surface area contributed by atoms with Gasteiger partial charge in [0.05, 0.1) is 18.2 Å². The van der Waals surface area contributed by atoms with E-state index in [0.717, 1.165) is 29.0 Å². The second-order valence-electron chi connectivity index (χ2n) is 9.18. The summed E-state index contributed by atoms with van der Waals surface area (Å²) in [6, 6.07) is 16.3. The maximum atomic E-state index is 13.6. The van der Waals surface area contributed by atoms with Gasteiger partial charge in [-0.05, 0) is 66.6 Å². The van der Waals surface area contributed by atoms with Gasteiger partial charge in [-0.15, -0.1) is 10.2 Å². The SMILES string of the molecule is C=CCOc1ccc(C2/C(=C(\O)c3ccc(F)cc3)C(=O)C(=O)N2c2nnc(SCc3ccc(Cl)cc3)s2)cc1OCC. The number of thioether (sulfide) groups is 1. The third-order valence-corrected chi connectivity index (χ3v) is 8.76. The van der Waals surface area contributed by atoms with Crippen LogP contribution in [0, 0.1) is 5.82 Å². The Kier molecular flexibility index (Phi) is 9.44. The first kappa shape index (κ1) is 30.3. The first-order valence-electron chi connectivity index (χ1n) is 13.1. The zero-order valence-electron chi connectivity index (χ0n) is 22.8. The number of hydrogen-bond donors (Lipinski definition) is 1. The molecular formula is C31H25ClFN3O5S2. The Labute approximate surface area is 260 Å². The maximum Gasteiger partial charge on any atom is 0.301 e. The molecule has 1 aromatic heterocycles. The fraction of sp³-hybridized carbons (Fsp3) is 0.161. The number of hydrogen-bond acceptors (Lipinski definition) is 9. The van der Waals surface area contributed by atoms with E-state index in [1.54, 1.807) is 36.4 Å². The molecule has 1 amide bonds. The lowest BCUT2D eigenvalue weighted by atomic mass is 9.95. The second-order valence-corrected chi connectivity index (χ2v) is 11.8. The minimum atomic E-state index is -1.08. The predicted octanol–water partition coefficient (Wildman–Crippen LogP) is 7.21. The zero-order chi connectivity index (χ0) is 30.5. The molecule has 2 heterocycles. The highest BCUT2D eigenvalue weighted by Gasteiger charge is 2.48. The number of ketones is 1. The highest BCUT2D eigenvalue weighted by molar-refractivity contribution is 8.00. The van der Waals surface area contributed by atoms with E-state index in [0.29, 0.717) is 38.8 Å². The number of rotatable bonds is 11. The Hall–Kier alpha value is -4.19. The average molecular weight is 638 g/mol. The average Bonchev–Trinajstić information content (AvgIpc) is 3.58. The molecule has 8 nitrogen and oxygen atoms in total. The fourth-order valence-electron chi connectivity index (χ4n) is 4.42. The number of carbonyl (C=O) groups excluding carboxylic acids is 2. The quantitative estimate of drug-likeness (QED) is 0.0460. The molecule has 0 spiro atoms. The molecule has 0 bridgehead atoms. The van der Waals surface area contributed by atoms with Crippen molar-refractivity contribution >= 4 is 57.3 Å². The Bertz CT molecular complexity index is 1690. The van der Waals surface area contributed by atoms with E-state index in [9.17, 15) is 19.1 Å². The number of ether oxygens (including phenoxy) is 2. The third kappa shape index (κ3) is 6.58. The number of aliphatic hydroxyl groups excluding tert-OH is 1. The summed E-state index contributed by atoms with van der Waals surface area (Å²) in [7, 11) is 0. The predicted molar refractivity (Wildman–Crippen MR) is 165 cm³/mol. The van der Waals surface area contributed by atoms with Crippen LogP contribution >= 0.6 is 34.7 Å². The molecule has 1 fully saturated rings. The normalized spacial score (nSPS) is 16.0. The maximum absolute atomic E-state index is 13.6.